The summed E-state index contributed by atoms with van der Waals surface area (Å²) in [5.41, 5.74) is 0. The highest BCUT2D eigenvalue weighted by Crippen LogP contribution is 2.59. The number of esters is 3. The lowest BCUT2D eigenvalue weighted by molar-refractivity contribution is -0.191. The Labute approximate surface area is 182 Å². The summed E-state index contributed by atoms with van der Waals surface area (Å²) >= 11 is 0. The molecule has 2 aliphatic carbocycles. The van der Waals surface area contributed by atoms with Crippen LogP contribution < -0.4 is 0 Å². The van der Waals surface area contributed by atoms with Crippen LogP contribution in [0, 0.1) is 23.7 Å². The minimum atomic E-state index is -0.651. The Balaban J connectivity index is 1.41. The quantitative estimate of drug-likeness (QED) is 0.282. The molecule has 7 unspecified atom stereocenters. The van der Waals surface area contributed by atoms with Crippen molar-refractivity contribution >= 4 is 17.9 Å². The number of carbonyl (C=O) groups excluding carboxylic acids is 3. The second-order valence-electron chi connectivity index (χ2n) is 8.89. The van der Waals surface area contributed by atoms with E-state index in [2.05, 4.69) is 0 Å². The van der Waals surface area contributed by atoms with Gasteiger partial charge in [-0.25, -0.2) is 0 Å². The first kappa shape index (κ1) is 22.5. The second kappa shape index (κ2) is 9.83. The molecule has 0 aromatic carbocycles. The molecule has 0 radical (unpaired) electrons. The van der Waals surface area contributed by atoms with E-state index in [1.165, 1.54) is 0 Å². The van der Waals surface area contributed by atoms with Crippen LogP contribution >= 0.6 is 0 Å². The molecule has 0 amide bonds. The van der Waals surface area contributed by atoms with E-state index in [0.717, 1.165) is 12.8 Å². The third-order valence-electron chi connectivity index (χ3n) is 6.82. The fraction of sp³-hybridized carbons (Fsp3) is 0.864. The van der Waals surface area contributed by atoms with Crippen LogP contribution in [0.25, 0.3) is 0 Å². The number of ether oxygens (including phenoxy) is 5. The molecule has 4 aliphatic rings. The highest BCUT2D eigenvalue weighted by atomic mass is 16.7. The first-order valence-electron chi connectivity index (χ1n) is 11.6. The Morgan fingerprint density at radius 2 is 1.94 bits per heavy atom. The second-order valence-corrected chi connectivity index (χ2v) is 8.89. The van der Waals surface area contributed by atoms with Crippen molar-refractivity contribution in [3.8, 4) is 0 Å². The van der Waals surface area contributed by atoms with E-state index in [1.807, 2.05) is 18.7 Å². The van der Waals surface area contributed by atoms with E-state index >= 15 is 0 Å². The van der Waals surface area contributed by atoms with Crippen LogP contribution in [0.2, 0.25) is 0 Å². The van der Waals surface area contributed by atoms with Crippen molar-refractivity contribution in [3.05, 3.63) is 0 Å². The molecule has 2 bridgehead atoms. The monoisotopic (exact) mass is 439 g/mol. The molecule has 0 spiro atoms. The first-order valence-corrected chi connectivity index (χ1v) is 11.6. The third kappa shape index (κ3) is 4.59. The summed E-state index contributed by atoms with van der Waals surface area (Å²) in [7, 11) is 0. The number of hydrogen-bond donors (Lipinski definition) is 0. The molecule has 9 nitrogen and oxygen atoms in total. The van der Waals surface area contributed by atoms with Crippen LogP contribution in [-0.2, 0) is 38.1 Å². The molecule has 7 atom stereocenters. The van der Waals surface area contributed by atoms with Gasteiger partial charge < -0.3 is 23.7 Å². The van der Waals surface area contributed by atoms with Gasteiger partial charge in [-0.15, -0.1) is 0 Å². The van der Waals surface area contributed by atoms with Crippen molar-refractivity contribution < 1.29 is 38.1 Å². The van der Waals surface area contributed by atoms with Gasteiger partial charge in [0, 0.05) is 31.3 Å². The average Bonchev–Trinajstić information content (AvgIpc) is 3.36. The summed E-state index contributed by atoms with van der Waals surface area (Å²) < 4.78 is 28.0. The van der Waals surface area contributed by atoms with Crippen LogP contribution in [0.5, 0.6) is 0 Å². The van der Waals surface area contributed by atoms with E-state index in [1.54, 1.807) is 0 Å². The maximum Gasteiger partial charge on any atom is 0.320 e. The van der Waals surface area contributed by atoms with E-state index in [0.29, 0.717) is 45.8 Å². The van der Waals surface area contributed by atoms with E-state index in [-0.39, 0.29) is 30.3 Å². The highest BCUT2D eigenvalue weighted by Gasteiger charge is 2.70. The Hall–Kier alpha value is -1.71. The van der Waals surface area contributed by atoms with Crippen LogP contribution in [0.1, 0.15) is 39.5 Å². The van der Waals surface area contributed by atoms with Gasteiger partial charge in [0.15, 0.2) is 0 Å². The maximum atomic E-state index is 13.1. The number of morpholine rings is 1. The Bertz CT molecular complexity index is 678. The third-order valence-corrected chi connectivity index (χ3v) is 6.82. The van der Waals surface area contributed by atoms with Gasteiger partial charge in [-0.05, 0) is 12.8 Å². The highest BCUT2D eigenvalue weighted by molar-refractivity contribution is 5.86. The molecule has 0 aromatic rings. The van der Waals surface area contributed by atoms with Crippen molar-refractivity contribution in [2.24, 2.45) is 23.7 Å². The summed E-state index contributed by atoms with van der Waals surface area (Å²) in [6.45, 7) is 7.20. The zero-order chi connectivity index (χ0) is 22.0. The topological polar surface area (TPSA) is 101 Å². The first-order chi connectivity index (χ1) is 15.0. The van der Waals surface area contributed by atoms with Crippen molar-refractivity contribution in [2.75, 3.05) is 39.5 Å². The lowest BCUT2D eigenvalue weighted by Crippen LogP contribution is -2.46. The molecule has 9 heteroatoms. The van der Waals surface area contributed by atoms with E-state index < -0.39 is 36.3 Å². The average molecular weight is 440 g/mol. The predicted octanol–water partition coefficient (Wildman–Crippen LogP) is 1.13. The summed E-state index contributed by atoms with van der Waals surface area (Å²) in [6, 6.07) is 0. The van der Waals surface area contributed by atoms with Gasteiger partial charge in [0.1, 0.15) is 12.2 Å². The van der Waals surface area contributed by atoms with Crippen LogP contribution in [0.4, 0.5) is 0 Å². The Morgan fingerprint density at radius 3 is 2.65 bits per heavy atom. The Morgan fingerprint density at radius 1 is 1.16 bits per heavy atom. The molecule has 174 valence electrons. The molecular formula is C22H33NO8. The van der Waals surface area contributed by atoms with Gasteiger partial charge in [0.2, 0.25) is 6.29 Å². The molecule has 4 rings (SSSR count). The van der Waals surface area contributed by atoms with E-state index in [4.69, 9.17) is 23.7 Å². The van der Waals surface area contributed by atoms with Gasteiger partial charge in [0.25, 0.3) is 0 Å². The van der Waals surface area contributed by atoms with Gasteiger partial charge in [-0.1, -0.05) is 20.3 Å². The molecule has 31 heavy (non-hydrogen) atoms. The maximum absolute atomic E-state index is 13.1. The van der Waals surface area contributed by atoms with Crippen molar-refractivity contribution in [2.45, 2.75) is 58.0 Å². The van der Waals surface area contributed by atoms with Crippen molar-refractivity contribution in [1.82, 2.24) is 4.90 Å². The molecule has 0 N–H and O–H groups in total. The fourth-order valence-corrected chi connectivity index (χ4v) is 5.47. The number of hydrogen-bond acceptors (Lipinski definition) is 9. The van der Waals surface area contributed by atoms with Crippen LogP contribution in [0.15, 0.2) is 0 Å². The van der Waals surface area contributed by atoms with Crippen molar-refractivity contribution in [1.29, 1.82) is 0 Å². The molecule has 0 aromatic heterocycles. The molecule has 2 saturated carbocycles. The summed E-state index contributed by atoms with van der Waals surface area (Å²) in [5.74, 6) is -2.71. The normalized spacial score (nSPS) is 35.1. The van der Waals surface area contributed by atoms with Gasteiger partial charge in [-0.2, -0.15) is 0 Å². The molecule has 2 heterocycles. The van der Waals surface area contributed by atoms with Gasteiger partial charge in [0.05, 0.1) is 38.2 Å². The zero-order valence-corrected chi connectivity index (χ0v) is 18.3. The van der Waals surface area contributed by atoms with Gasteiger partial charge in [-0.3, -0.25) is 19.3 Å². The molecule has 2 aliphatic heterocycles. The smallest absolute Gasteiger partial charge is 0.320 e. The summed E-state index contributed by atoms with van der Waals surface area (Å²) in [4.78, 5) is 40.2. The minimum absolute atomic E-state index is 0.0996. The van der Waals surface area contributed by atoms with E-state index in [9.17, 15) is 14.4 Å². The molecule has 2 saturated heterocycles. The lowest BCUT2D eigenvalue weighted by atomic mass is 9.78. The van der Waals surface area contributed by atoms with Crippen LogP contribution in [0.3, 0.4) is 0 Å². The molecular weight excluding hydrogens is 406 g/mol. The van der Waals surface area contributed by atoms with Crippen molar-refractivity contribution in [3.63, 3.8) is 0 Å². The molecule has 4 fully saturated rings. The number of nitrogens with zero attached hydrogens (tertiary/aromatic N) is 1. The standard InChI is InChI=1S/C22H33NO8/c1-3-5-16(28-8-4-2)30-21(25)17-13-11-14-18(17)22(26)31-20(14)19(13)29-15(24)12-23-6-9-27-10-7-23/h13-14,16-20H,3-12H2,1-2H3. The fourth-order valence-electron chi connectivity index (χ4n) is 5.47. The van der Waals surface area contributed by atoms with Gasteiger partial charge >= 0.3 is 17.9 Å². The zero-order valence-electron chi connectivity index (χ0n) is 18.3. The summed E-state index contributed by atoms with van der Waals surface area (Å²) in [6.07, 6.45) is 1.19. The number of rotatable bonds is 10. The predicted molar refractivity (Wildman–Crippen MR) is 107 cm³/mol. The number of fused-ring (bicyclic) bond motifs is 1. The Kier molecular flexibility index (Phi) is 7.13. The van der Waals surface area contributed by atoms with Crippen LogP contribution in [-0.4, -0.2) is 80.8 Å². The minimum Gasteiger partial charge on any atom is -0.458 e. The SMILES string of the molecule is CCCOC(CCC)OC(=O)C1C2CC3C(OC(=O)C31)C2OC(=O)CN1CCOCC1. The largest absolute Gasteiger partial charge is 0.458 e. The lowest BCUT2D eigenvalue weighted by Gasteiger charge is -2.32. The number of carbonyl (C=O) groups is 3. The summed E-state index contributed by atoms with van der Waals surface area (Å²) in [5, 5.41) is 0.